The van der Waals surface area contributed by atoms with Crippen LogP contribution in [0.25, 0.3) is 0 Å². The van der Waals surface area contributed by atoms with Crippen LogP contribution in [0.5, 0.6) is 11.5 Å². The molecule has 0 saturated heterocycles. The van der Waals surface area contributed by atoms with Crippen molar-refractivity contribution in [3.8, 4) is 11.5 Å². The van der Waals surface area contributed by atoms with Crippen LogP contribution in [0.2, 0.25) is 0 Å². The van der Waals surface area contributed by atoms with Crippen molar-refractivity contribution in [3.63, 3.8) is 0 Å². The Morgan fingerprint density at radius 1 is 1.04 bits per heavy atom. The predicted molar refractivity (Wildman–Crippen MR) is 86.6 cm³/mol. The van der Waals surface area contributed by atoms with Crippen LogP contribution >= 0.6 is 0 Å². The van der Waals surface area contributed by atoms with Gasteiger partial charge in [-0.3, -0.25) is 4.79 Å². The Labute approximate surface area is 139 Å². The highest BCUT2D eigenvalue weighted by atomic mass is 19.3. The summed E-state index contributed by atoms with van der Waals surface area (Å²) >= 11 is 0. The van der Waals surface area contributed by atoms with Crippen molar-refractivity contribution in [2.24, 2.45) is 0 Å². The normalized spacial score (nSPS) is 11.9. The SMILES string of the molecule is CCC(NC(=O)c1ccc(OC(F)F)cc1)c1ccc(OC)cc1. The van der Waals surface area contributed by atoms with E-state index in [0.717, 1.165) is 11.3 Å². The Morgan fingerprint density at radius 2 is 1.62 bits per heavy atom. The molecule has 0 heterocycles. The van der Waals surface area contributed by atoms with Gasteiger partial charge >= 0.3 is 6.61 Å². The molecule has 0 aliphatic heterocycles. The molecule has 2 rings (SSSR count). The summed E-state index contributed by atoms with van der Waals surface area (Å²) in [5, 5.41) is 2.93. The van der Waals surface area contributed by atoms with Gasteiger partial charge in [-0.2, -0.15) is 8.78 Å². The number of benzene rings is 2. The van der Waals surface area contributed by atoms with Gasteiger partial charge in [-0.15, -0.1) is 0 Å². The molecule has 2 aromatic carbocycles. The lowest BCUT2D eigenvalue weighted by Crippen LogP contribution is -2.28. The molecule has 0 spiro atoms. The van der Waals surface area contributed by atoms with E-state index in [-0.39, 0.29) is 17.7 Å². The third-order valence-electron chi connectivity index (χ3n) is 3.57. The van der Waals surface area contributed by atoms with Gasteiger partial charge in [-0.25, -0.2) is 0 Å². The number of nitrogens with one attached hydrogen (secondary N) is 1. The first-order valence-corrected chi connectivity index (χ1v) is 7.53. The van der Waals surface area contributed by atoms with Crippen LogP contribution in [0.3, 0.4) is 0 Å². The van der Waals surface area contributed by atoms with Crippen molar-refractivity contribution < 1.29 is 23.0 Å². The Bertz CT molecular complexity index is 657. The fourth-order valence-electron chi connectivity index (χ4n) is 2.29. The van der Waals surface area contributed by atoms with E-state index in [4.69, 9.17) is 4.74 Å². The van der Waals surface area contributed by atoms with Crippen molar-refractivity contribution in [2.45, 2.75) is 26.0 Å². The molecule has 2 aromatic rings. The van der Waals surface area contributed by atoms with Gasteiger partial charge in [0.25, 0.3) is 5.91 Å². The maximum Gasteiger partial charge on any atom is 0.387 e. The summed E-state index contributed by atoms with van der Waals surface area (Å²) < 4.78 is 33.6. The van der Waals surface area contributed by atoms with Crippen molar-refractivity contribution in [1.29, 1.82) is 0 Å². The number of carbonyl (C=O) groups is 1. The highest BCUT2D eigenvalue weighted by Crippen LogP contribution is 2.21. The zero-order valence-corrected chi connectivity index (χ0v) is 13.5. The summed E-state index contributed by atoms with van der Waals surface area (Å²) in [6.45, 7) is -0.918. The second-order valence-corrected chi connectivity index (χ2v) is 5.11. The molecule has 1 unspecified atom stereocenters. The first kappa shape index (κ1) is 17.7. The van der Waals surface area contributed by atoms with E-state index in [1.54, 1.807) is 7.11 Å². The van der Waals surface area contributed by atoms with Crippen LogP contribution in [-0.2, 0) is 0 Å². The molecule has 1 amide bonds. The minimum absolute atomic E-state index is 0.0174. The highest BCUT2D eigenvalue weighted by molar-refractivity contribution is 5.94. The average molecular weight is 335 g/mol. The minimum atomic E-state index is -2.88. The Morgan fingerprint density at radius 3 is 2.12 bits per heavy atom. The molecule has 0 saturated carbocycles. The number of carbonyl (C=O) groups excluding carboxylic acids is 1. The third kappa shape index (κ3) is 4.68. The summed E-state index contributed by atoms with van der Waals surface area (Å²) in [4.78, 5) is 12.3. The van der Waals surface area contributed by atoms with Crippen LogP contribution < -0.4 is 14.8 Å². The zero-order valence-electron chi connectivity index (χ0n) is 13.5. The third-order valence-corrected chi connectivity index (χ3v) is 3.57. The van der Waals surface area contributed by atoms with Crippen molar-refractivity contribution in [1.82, 2.24) is 5.32 Å². The van der Waals surface area contributed by atoms with Crippen LogP contribution in [-0.4, -0.2) is 19.6 Å². The van der Waals surface area contributed by atoms with E-state index in [2.05, 4.69) is 10.1 Å². The predicted octanol–water partition coefficient (Wildman–Crippen LogP) is 4.18. The summed E-state index contributed by atoms with van der Waals surface area (Å²) in [5.41, 5.74) is 1.34. The second kappa shape index (κ2) is 8.29. The molecule has 0 fully saturated rings. The number of hydrogen-bond donors (Lipinski definition) is 1. The number of rotatable bonds is 7. The molecule has 24 heavy (non-hydrogen) atoms. The number of ether oxygens (including phenoxy) is 2. The first-order valence-electron chi connectivity index (χ1n) is 7.53. The first-order chi connectivity index (χ1) is 11.5. The molecule has 6 heteroatoms. The molecule has 0 radical (unpaired) electrons. The number of alkyl halides is 2. The summed E-state index contributed by atoms with van der Waals surface area (Å²) in [6, 6.07) is 12.9. The lowest BCUT2D eigenvalue weighted by atomic mass is 10.0. The van der Waals surface area contributed by atoms with Gasteiger partial charge in [-0.05, 0) is 48.4 Å². The maximum absolute atomic E-state index is 12.3. The Balaban J connectivity index is 2.05. The van der Waals surface area contributed by atoms with E-state index in [1.807, 2.05) is 31.2 Å². The van der Waals surface area contributed by atoms with Crippen molar-refractivity contribution >= 4 is 5.91 Å². The number of hydrogen-bond acceptors (Lipinski definition) is 3. The van der Waals surface area contributed by atoms with Gasteiger partial charge in [0, 0.05) is 5.56 Å². The zero-order chi connectivity index (χ0) is 17.5. The number of halogens is 2. The molecule has 0 aromatic heterocycles. The molecule has 1 atom stereocenters. The van der Waals surface area contributed by atoms with Gasteiger partial charge in [-0.1, -0.05) is 19.1 Å². The van der Waals surface area contributed by atoms with E-state index in [0.29, 0.717) is 12.0 Å². The van der Waals surface area contributed by atoms with Crippen molar-refractivity contribution in [2.75, 3.05) is 7.11 Å². The van der Waals surface area contributed by atoms with E-state index in [1.165, 1.54) is 24.3 Å². The lowest BCUT2D eigenvalue weighted by molar-refractivity contribution is -0.0498. The smallest absolute Gasteiger partial charge is 0.387 e. The molecule has 0 aliphatic rings. The standard InChI is InChI=1S/C18H19F2NO3/c1-3-16(12-4-8-14(23-2)9-5-12)21-17(22)13-6-10-15(11-7-13)24-18(19)20/h4-11,16,18H,3H2,1-2H3,(H,21,22). The van der Waals surface area contributed by atoms with Crippen LogP contribution in [0, 0.1) is 0 Å². The summed E-state index contributed by atoms with van der Waals surface area (Å²) in [6.07, 6.45) is 0.713. The quantitative estimate of drug-likeness (QED) is 0.826. The summed E-state index contributed by atoms with van der Waals surface area (Å²) in [5.74, 6) is 0.486. The fourth-order valence-corrected chi connectivity index (χ4v) is 2.29. The highest BCUT2D eigenvalue weighted by Gasteiger charge is 2.14. The van der Waals surface area contributed by atoms with E-state index >= 15 is 0 Å². The lowest BCUT2D eigenvalue weighted by Gasteiger charge is -2.18. The topological polar surface area (TPSA) is 47.6 Å². The monoisotopic (exact) mass is 335 g/mol. The van der Waals surface area contributed by atoms with Crippen LogP contribution in [0.15, 0.2) is 48.5 Å². The minimum Gasteiger partial charge on any atom is -0.497 e. The number of amides is 1. The largest absolute Gasteiger partial charge is 0.497 e. The van der Waals surface area contributed by atoms with Gasteiger partial charge in [0.1, 0.15) is 11.5 Å². The molecule has 0 bridgehead atoms. The van der Waals surface area contributed by atoms with Crippen LogP contribution in [0.1, 0.15) is 35.3 Å². The molecule has 128 valence electrons. The molecule has 4 nitrogen and oxygen atoms in total. The Kier molecular flexibility index (Phi) is 6.12. The van der Waals surface area contributed by atoms with E-state index in [9.17, 15) is 13.6 Å². The van der Waals surface area contributed by atoms with Gasteiger partial charge in [0.2, 0.25) is 0 Å². The summed E-state index contributed by atoms with van der Waals surface area (Å²) in [7, 11) is 1.59. The van der Waals surface area contributed by atoms with Crippen LogP contribution in [0.4, 0.5) is 8.78 Å². The molecular weight excluding hydrogens is 316 g/mol. The van der Waals surface area contributed by atoms with Gasteiger partial charge in [0.05, 0.1) is 13.2 Å². The maximum atomic E-state index is 12.3. The molecule has 1 N–H and O–H groups in total. The van der Waals surface area contributed by atoms with Gasteiger partial charge in [0.15, 0.2) is 0 Å². The second-order valence-electron chi connectivity index (χ2n) is 5.11. The van der Waals surface area contributed by atoms with Crippen molar-refractivity contribution in [3.05, 3.63) is 59.7 Å². The Hall–Kier alpha value is -2.63. The molecule has 0 aliphatic carbocycles. The van der Waals surface area contributed by atoms with E-state index < -0.39 is 6.61 Å². The molecular formula is C18H19F2NO3. The number of methoxy groups -OCH3 is 1. The fraction of sp³-hybridized carbons (Fsp3) is 0.278. The van der Waals surface area contributed by atoms with Gasteiger partial charge < -0.3 is 14.8 Å². The average Bonchev–Trinajstić information content (AvgIpc) is 2.59.